The van der Waals surface area contributed by atoms with E-state index in [0.717, 1.165) is 0 Å². The number of carbonyl (C=O) groups excluding carboxylic acids is 3. The fourth-order valence-corrected chi connectivity index (χ4v) is 2.82. The zero-order valence-electron chi connectivity index (χ0n) is 18.0. The molecule has 0 bridgehead atoms. The van der Waals surface area contributed by atoms with Crippen LogP contribution in [0, 0.1) is 5.92 Å². The molecule has 1 rings (SSSR count). The normalized spacial score (nSPS) is 14.5. The number of nitrogens with two attached hydrogens (primary N) is 1. The van der Waals surface area contributed by atoms with Crippen LogP contribution in [0.5, 0.6) is 0 Å². The van der Waals surface area contributed by atoms with Crippen molar-refractivity contribution in [3.8, 4) is 0 Å². The van der Waals surface area contributed by atoms with Crippen LogP contribution in [0.3, 0.4) is 0 Å². The monoisotopic (exact) mass is 454 g/mol. The van der Waals surface area contributed by atoms with Crippen LogP contribution >= 0.6 is 0 Å². The number of carbonyl (C=O) groups is 5. The van der Waals surface area contributed by atoms with Crippen molar-refractivity contribution in [3.05, 3.63) is 18.2 Å². The van der Waals surface area contributed by atoms with Crippen LogP contribution in [-0.2, 0) is 30.4 Å². The third-order valence-corrected chi connectivity index (χ3v) is 4.87. The number of aliphatic carboxylic acids is 2. The van der Waals surface area contributed by atoms with Gasteiger partial charge in [-0.1, -0.05) is 20.3 Å². The lowest BCUT2D eigenvalue weighted by atomic mass is 9.97. The van der Waals surface area contributed by atoms with E-state index >= 15 is 0 Å². The molecule has 0 aliphatic carbocycles. The summed E-state index contributed by atoms with van der Waals surface area (Å²) in [6, 6.07) is -3.61. The molecule has 13 heteroatoms. The molecule has 178 valence electrons. The highest BCUT2D eigenvalue weighted by Gasteiger charge is 2.32. The molecule has 4 unspecified atom stereocenters. The Morgan fingerprint density at radius 3 is 2.28 bits per heavy atom. The Hall–Kier alpha value is -3.48. The number of amides is 3. The van der Waals surface area contributed by atoms with Gasteiger partial charge in [0.1, 0.15) is 18.1 Å². The van der Waals surface area contributed by atoms with Crippen molar-refractivity contribution in [2.45, 2.75) is 57.7 Å². The minimum Gasteiger partial charge on any atom is -0.481 e. The molecular formula is C19H30N6O7. The molecule has 8 N–H and O–H groups in total. The summed E-state index contributed by atoms with van der Waals surface area (Å²) >= 11 is 0. The molecule has 32 heavy (non-hydrogen) atoms. The molecule has 0 radical (unpaired) electrons. The summed E-state index contributed by atoms with van der Waals surface area (Å²) in [5.74, 6) is -4.96. The lowest BCUT2D eigenvalue weighted by Crippen LogP contribution is -2.58. The maximum absolute atomic E-state index is 12.9. The second-order valence-corrected chi connectivity index (χ2v) is 7.31. The SMILES string of the molecule is CCC(C)C(NC(=O)C(CCC(=O)O)NC(=O)CN)C(=O)NC(Cc1cnc[nH]1)C(=O)O. The summed E-state index contributed by atoms with van der Waals surface area (Å²) in [4.78, 5) is 66.3. The summed E-state index contributed by atoms with van der Waals surface area (Å²) in [7, 11) is 0. The van der Waals surface area contributed by atoms with E-state index in [1.54, 1.807) is 13.8 Å². The van der Waals surface area contributed by atoms with Crippen LogP contribution in [0.4, 0.5) is 0 Å². The van der Waals surface area contributed by atoms with E-state index in [0.29, 0.717) is 12.1 Å². The minimum atomic E-state index is -1.27. The Labute approximate surface area is 184 Å². The lowest BCUT2D eigenvalue weighted by Gasteiger charge is -2.27. The predicted octanol–water partition coefficient (Wildman–Crippen LogP) is -1.64. The van der Waals surface area contributed by atoms with Crippen molar-refractivity contribution >= 4 is 29.7 Å². The highest BCUT2D eigenvalue weighted by Crippen LogP contribution is 2.11. The third kappa shape index (κ3) is 8.71. The number of aromatic amines is 1. The number of nitrogens with one attached hydrogen (secondary N) is 4. The van der Waals surface area contributed by atoms with Gasteiger partial charge >= 0.3 is 11.9 Å². The predicted molar refractivity (Wildman–Crippen MR) is 111 cm³/mol. The lowest BCUT2D eigenvalue weighted by molar-refractivity contribution is -0.142. The van der Waals surface area contributed by atoms with E-state index in [-0.39, 0.29) is 18.8 Å². The molecule has 0 aliphatic heterocycles. The number of carboxylic acid groups (broad SMARTS) is 2. The number of rotatable bonds is 14. The molecule has 0 aliphatic rings. The smallest absolute Gasteiger partial charge is 0.326 e. The average molecular weight is 454 g/mol. The van der Waals surface area contributed by atoms with Crippen LogP contribution in [0.2, 0.25) is 0 Å². The van der Waals surface area contributed by atoms with Gasteiger partial charge in [-0.3, -0.25) is 19.2 Å². The highest BCUT2D eigenvalue weighted by atomic mass is 16.4. The number of imidazole rings is 1. The van der Waals surface area contributed by atoms with E-state index in [9.17, 15) is 29.1 Å². The van der Waals surface area contributed by atoms with Crippen molar-refractivity contribution in [3.63, 3.8) is 0 Å². The second-order valence-electron chi connectivity index (χ2n) is 7.31. The molecular weight excluding hydrogens is 424 g/mol. The van der Waals surface area contributed by atoms with Gasteiger partial charge in [-0.05, 0) is 12.3 Å². The largest absolute Gasteiger partial charge is 0.481 e. The number of H-pyrrole nitrogens is 1. The number of carboxylic acids is 2. The van der Waals surface area contributed by atoms with Crippen molar-refractivity contribution in [1.82, 2.24) is 25.9 Å². The molecule has 1 aromatic rings. The van der Waals surface area contributed by atoms with Crippen LogP contribution in [-0.4, -0.2) is 74.5 Å². The summed E-state index contributed by atoms with van der Waals surface area (Å²) in [5, 5.41) is 25.6. The topological polar surface area (TPSA) is 217 Å². The van der Waals surface area contributed by atoms with Crippen molar-refractivity contribution in [2.24, 2.45) is 11.7 Å². The Kier molecular flexibility index (Phi) is 10.8. The van der Waals surface area contributed by atoms with Gasteiger partial charge in [-0.15, -0.1) is 0 Å². The first-order chi connectivity index (χ1) is 15.1. The van der Waals surface area contributed by atoms with Crippen molar-refractivity contribution in [1.29, 1.82) is 0 Å². The summed E-state index contributed by atoms with van der Waals surface area (Å²) in [5.41, 5.74) is 5.75. The number of aromatic nitrogens is 2. The van der Waals surface area contributed by atoms with E-state index in [1.165, 1.54) is 12.5 Å². The van der Waals surface area contributed by atoms with Gasteiger partial charge in [0, 0.05) is 24.7 Å². The second kappa shape index (κ2) is 13.0. The molecule has 0 aromatic carbocycles. The van der Waals surface area contributed by atoms with Gasteiger partial charge in [0.05, 0.1) is 12.9 Å². The zero-order chi connectivity index (χ0) is 24.3. The first-order valence-corrected chi connectivity index (χ1v) is 10.1. The number of hydrogen-bond donors (Lipinski definition) is 7. The molecule has 3 amide bonds. The molecule has 4 atom stereocenters. The number of nitrogens with zero attached hydrogens (tertiary/aromatic N) is 1. The fraction of sp³-hybridized carbons (Fsp3) is 0.579. The van der Waals surface area contributed by atoms with E-state index < -0.39 is 60.8 Å². The highest BCUT2D eigenvalue weighted by molar-refractivity contribution is 5.94. The molecule has 0 saturated heterocycles. The first kappa shape index (κ1) is 26.6. The molecule has 0 saturated carbocycles. The third-order valence-electron chi connectivity index (χ3n) is 4.87. The minimum absolute atomic E-state index is 0.0456. The van der Waals surface area contributed by atoms with Crippen LogP contribution in [0.15, 0.2) is 12.5 Å². The molecule has 1 heterocycles. The standard InChI is InChI=1S/C19H30N6O7/c1-3-10(2)16(18(30)24-13(19(31)32)6-11-8-21-9-22-11)25-17(29)12(4-5-15(27)28)23-14(26)7-20/h8-10,12-13,16H,3-7,20H2,1-2H3,(H,21,22)(H,23,26)(H,24,30)(H,25,29)(H,27,28)(H,31,32). The Morgan fingerprint density at radius 2 is 1.78 bits per heavy atom. The van der Waals surface area contributed by atoms with E-state index in [4.69, 9.17) is 10.8 Å². The Balaban J connectivity index is 2.96. The maximum atomic E-state index is 12.9. The summed E-state index contributed by atoms with van der Waals surface area (Å²) in [6.45, 7) is 3.08. The van der Waals surface area contributed by atoms with Crippen molar-refractivity contribution < 1.29 is 34.2 Å². The van der Waals surface area contributed by atoms with Gasteiger partial charge in [-0.2, -0.15) is 0 Å². The van der Waals surface area contributed by atoms with Gasteiger partial charge in [0.15, 0.2) is 0 Å². The number of hydrogen-bond acceptors (Lipinski definition) is 7. The fourth-order valence-electron chi connectivity index (χ4n) is 2.82. The molecule has 0 fully saturated rings. The average Bonchev–Trinajstić information content (AvgIpc) is 3.26. The van der Waals surface area contributed by atoms with Gasteiger partial charge in [0.25, 0.3) is 0 Å². The van der Waals surface area contributed by atoms with Crippen LogP contribution in [0.1, 0.15) is 38.8 Å². The summed E-state index contributed by atoms with van der Waals surface area (Å²) in [6.07, 6.45) is 2.64. The Bertz CT molecular complexity index is 798. The van der Waals surface area contributed by atoms with Crippen molar-refractivity contribution in [2.75, 3.05) is 6.54 Å². The molecule has 0 spiro atoms. The van der Waals surface area contributed by atoms with Crippen LogP contribution in [0.25, 0.3) is 0 Å². The first-order valence-electron chi connectivity index (χ1n) is 10.1. The molecule has 1 aromatic heterocycles. The van der Waals surface area contributed by atoms with E-state index in [2.05, 4.69) is 25.9 Å². The quantitative estimate of drug-likeness (QED) is 0.171. The molecule has 13 nitrogen and oxygen atoms in total. The van der Waals surface area contributed by atoms with Crippen LogP contribution < -0.4 is 21.7 Å². The summed E-state index contributed by atoms with van der Waals surface area (Å²) < 4.78 is 0. The van der Waals surface area contributed by atoms with Gasteiger partial charge < -0.3 is 36.9 Å². The van der Waals surface area contributed by atoms with Gasteiger partial charge in [0.2, 0.25) is 17.7 Å². The maximum Gasteiger partial charge on any atom is 0.326 e. The Morgan fingerprint density at radius 1 is 1.09 bits per heavy atom. The van der Waals surface area contributed by atoms with Gasteiger partial charge in [-0.25, -0.2) is 9.78 Å². The zero-order valence-corrected chi connectivity index (χ0v) is 18.0. The van der Waals surface area contributed by atoms with E-state index in [1.807, 2.05) is 0 Å².